The minimum atomic E-state index is -1.22. The number of phenolic OH excluding ortho intramolecular Hbond substituents is 1. The largest absolute Gasteiger partial charge is 0.504 e. The number of carbonyl (C=O) groups is 3. The lowest BCUT2D eigenvalue weighted by molar-refractivity contribution is -0.136. The number of methoxy groups -OCH3 is 1. The van der Waals surface area contributed by atoms with Crippen molar-refractivity contribution in [1.29, 1.82) is 0 Å². The second kappa shape index (κ2) is 15.4. The summed E-state index contributed by atoms with van der Waals surface area (Å²) in [7, 11) is 1.42. The summed E-state index contributed by atoms with van der Waals surface area (Å²) in [4.78, 5) is 48.5. The van der Waals surface area contributed by atoms with Crippen molar-refractivity contribution in [2.75, 3.05) is 25.1 Å². The third-order valence-corrected chi connectivity index (χ3v) is 6.68. The van der Waals surface area contributed by atoms with E-state index in [1.807, 2.05) is 0 Å². The van der Waals surface area contributed by atoms with Crippen molar-refractivity contribution >= 4 is 34.5 Å². The molecule has 0 atom stereocenters. The third kappa shape index (κ3) is 9.91. The highest BCUT2D eigenvalue weighted by molar-refractivity contribution is 5.86. The van der Waals surface area contributed by atoms with Gasteiger partial charge in [0.2, 0.25) is 5.91 Å². The lowest BCUT2D eigenvalue weighted by Crippen LogP contribution is -2.34. The lowest BCUT2D eigenvalue weighted by atomic mass is 9.98. The first-order valence-corrected chi connectivity index (χ1v) is 14.0. The normalized spacial score (nSPS) is 11.3. The van der Waals surface area contributed by atoms with Crippen molar-refractivity contribution in [2.24, 2.45) is 5.92 Å². The van der Waals surface area contributed by atoms with Crippen molar-refractivity contribution < 1.29 is 38.9 Å². The van der Waals surface area contributed by atoms with Gasteiger partial charge in [-0.25, -0.2) is 4.79 Å². The van der Waals surface area contributed by atoms with Gasteiger partial charge < -0.3 is 34.7 Å². The summed E-state index contributed by atoms with van der Waals surface area (Å²) in [6.07, 6.45) is 7.43. The standard InChI is InChI=1S/C32H38N2O9/c1-20(2)8-6-4-5-7-9-28(35)33-17-21-12-23(32(41)27(13-21)42-3)14-22-15-31(40)43-26-16-24(10-11-25(22)26)34(18-29(36)37)19-30(38)39/h6,8,10-13,15-16,20,41H,4-5,7,9,14,17-19H2,1-3H3,(H,33,35)(H,36,37)(H,38,39)/b8-6+. The number of carboxylic acid groups (broad SMARTS) is 2. The molecule has 0 aliphatic heterocycles. The quantitative estimate of drug-likeness (QED) is 0.106. The zero-order valence-corrected chi connectivity index (χ0v) is 24.6. The van der Waals surface area contributed by atoms with Crippen LogP contribution in [0, 0.1) is 5.92 Å². The molecule has 0 fully saturated rings. The Labute approximate surface area is 249 Å². The number of aromatic hydroxyl groups is 1. The van der Waals surface area contributed by atoms with Gasteiger partial charge in [-0.1, -0.05) is 26.0 Å². The fourth-order valence-electron chi connectivity index (χ4n) is 4.66. The second-order valence-corrected chi connectivity index (χ2v) is 10.6. The molecule has 1 aromatic heterocycles. The average Bonchev–Trinajstić information content (AvgIpc) is 2.93. The molecule has 0 saturated carbocycles. The van der Waals surface area contributed by atoms with Crippen molar-refractivity contribution in [3.63, 3.8) is 0 Å². The van der Waals surface area contributed by atoms with E-state index in [2.05, 4.69) is 31.3 Å². The molecule has 11 nitrogen and oxygen atoms in total. The minimum Gasteiger partial charge on any atom is -0.504 e. The van der Waals surface area contributed by atoms with Crippen LogP contribution < -0.4 is 20.6 Å². The first-order chi connectivity index (χ1) is 20.5. The van der Waals surface area contributed by atoms with Gasteiger partial charge in [-0.2, -0.15) is 0 Å². The Kier molecular flexibility index (Phi) is 11.7. The number of aliphatic carboxylic acids is 2. The summed E-state index contributed by atoms with van der Waals surface area (Å²) in [6, 6.07) is 9.23. The maximum absolute atomic E-state index is 12.5. The molecule has 0 saturated heterocycles. The van der Waals surface area contributed by atoms with E-state index in [9.17, 15) is 34.5 Å². The number of nitrogens with one attached hydrogen (secondary N) is 1. The average molecular weight is 595 g/mol. The lowest BCUT2D eigenvalue weighted by Gasteiger charge is -2.21. The number of nitrogens with zero attached hydrogens (tertiary/aromatic N) is 1. The van der Waals surface area contributed by atoms with Crippen molar-refractivity contribution in [1.82, 2.24) is 5.32 Å². The first kappa shape index (κ1) is 32.7. The summed E-state index contributed by atoms with van der Waals surface area (Å²) in [5, 5.41) is 32.7. The second-order valence-electron chi connectivity index (χ2n) is 10.6. The van der Waals surface area contributed by atoms with Crippen LogP contribution in [0.2, 0.25) is 0 Å². The molecule has 230 valence electrons. The summed E-state index contributed by atoms with van der Waals surface area (Å²) in [6.45, 7) is 3.34. The van der Waals surface area contributed by atoms with Crippen molar-refractivity contribution in [2.45, 2.75) is 52.5 Å². The van der Waals surface area contributed by atoms with E-state index in [0.717, 1.165) is 24.2 Å². The number of hydrogen-bond donors (Lipinski definition) is 4. The van der Waals surface area contributed by atoms with Gasteiger partial charge in [-0.05, 0) is 60.6 Å². The SMILES string of the molecule is COc1cc(CNC(=O)CCCC/C=C/C(C)C)cc(Cc2cc(=O)oc3cc(N(CC(=O)O)CC(=O)O)ccc23)c1O. The number of benzene rings is 2. The Morgan fingerprint density at radius 1 is 1.02 bits per heavy atom. The number of anilines is 1. The van der Waals surface area contributed by atoms with E-state index in [1.54, 1.807) is 24.3 Å². The predicted octanol–water partition coefficient (Wildman–Crippen LogP) is 4.46. The molecule has 1 heterocycles. The molecule has 11 heteroatoms. The van der Waals surface area contributed by atoms with Crippen LogP contribution in [0.15, 0.2) is 57.8 Å². The summed E-state index contributed by atoms with van der Waals surface area (Å²) in [5.41, 5.74) is 1.39. The van der Waals surface area contributed by atoms with Crippen LogP contribution >= 0.6 is 0 Å². The summed E-state index contributed by atoms with van der Waals surface area (Å²) >= 11 is 0. The minimum absolute atomic E-state index is 0.0799. The monoisotopic (exact) mass is 594 g/mol. The number of hydrogen-bond acceptors (Lipinski definition) is 8. The number of ether oxygens (including phenoxy) is 1. The number of phenols is 1. The van der Waals surface area contributed by atoms with Crippen LogP contribution in [-0.4, -0.2) is 53.4 Å². The van der Waals surface area contributed by atoms with Gasteiger partial charge in [0.25, 0.3) is 0 Å². The molecule has 3 rings (SSSR count). The van der Waals surface area contributed by atoms with Gasteiger partial charge in [0.15, 0.2) is 11.5 Å². The molecular formula is C32H38N2O9. The van der Waals surface area contributed by atoms with Crippen molar-refractivity contribution in [3.05, 3.63) is 75.7 Å². The van der Waals surface area contributed by atoms with Crippen LogP contribution in [0.5, 0.6) is 11.5 Å². The van der Waals surface area contributed by atoms with Gasteiger partial charge in [-0.3, -0.25) is 14.4 Å². The zero-order valence-electron chi connectivity index (χ0n) is 24.6. The molecule has 1 amide bonds. The molecule has 2 aromatic carbocycles. The van der Waals surface area contributed by atoms with Gasteiger partial charge in [0, 0.05) is 48.2 Å². The van der Waals surface area contributed by atoms with E-state index in [0.29, 0.717) is 34.4 Å². The molecule has 3 aromatic rings. The van der Waals surface area contributed by atoms with E-state index in [1.165, 1.54) is 19.2 Å². The Morgan fingerprint density at radius 3 is 2.40 bits per heavy atom. The van der Waals surface area contributed by atoms with Crippen LogP contribution in [0.4, 0.5) is 5.69 Å². The van der Waals surface area contributed by atoms with E-state index in [4.69, 9.17) is 9.15 Å². The van der Waals surface area contributed by atoms with Crippen LogP contribution in [0.1, 0.15) is 56.2 Å². The molecule has 0 aliphatic carbocycles. The number of unbranched alkanes of at least 4 members (excludes halogenated alkanes) is 2. The Balaban J connectivity index is 1.80. The number of fused-ring (bicyclic) bond motifs is 1. The predicted molar refractivity (Wildman–Crippen MR) is 162 cm³/mol. The Bertz CT molecular complexity index is 1530. The highest BCUT2D eigenvalue weighted by Gasteiger charge is 2.18. The van der Waals surface area contributed by atoms with Crippen molar-refractivity contribution in [3.8, 4) is 11.5 Å². The van der Waals surface area contributed by atoms with Crippen LogP contribution in [0.3, 0.4) is 0 Å². The van der Waals surface area contributed by atoms with Gasteiger partial charge >= 0.3 is 17.6 Å². The smallest absolute Gasteiger partial charge is 0.336 e. The van der Waals surface area contributed by atoms with Gasteiger partial charge in [0.1, 0.15) is 18.7 Å². The maximum atomic E-state index is 12.5. The highest BCUT2D eigenvalue weighted by atomic mass is 16.5. The van der Waals surface area contributed by atoms with E-state index >= 15 is 0 Å². The third-order valence-electron chi connectivity index (χ3n) is 6.68. The molecule has 0 unspecified atom stereocenters. The molecule has 0 radical (unpaired) electrons. The Hall–Kier alpha value is -4.80. The summed E-state index contributed by atoms with van der Waals surface area (Å²) in [5.74, 6) is -1.90. The molecule has 0 spiro atoms. The maximum Gasteiger partial charge on any atom is 0.336 e. The number of carbonyl (C=O) groups excluding carboxylic acids is 1. The fraction of sp³-hybridized carbons (Fsp3) is 0.375. The molecule has 0 aliphatic rings. The zero-order chi connectivity index (χ0) is 31.5. The van der Waals surface area contributed by atoms with Gasteiger partial charge in [-0.15, -0.1) is 0 Å². The molecule has 43 heavy (non-hydrogen) atoms. The molecule has 4 N–H and O–H groups in total. The van der Waals surface area contributed by atoms with Crippen LogP contribution in [0.25, 0.3) is 11.0 Å². The highest BCUT2D eigenvalue weighted by Crippen LogP contribution is 2.34. The Morgan fingerprint density at radius 2 is 1.74 bits per heavy atom. The first-order valence-electron chi connectivity index (χ1n) is 14.0. The molecule has 0 bridgehead atoms. The topological polar surface area (TPSA) is 167 Å². The summed E-state index contributed by atoms with van der Waals surface area (Å²) < 4.78 is 10.7. The number of carboxylic acids is 2. The van der Waals surface area contributed by atoms with E-state index < -0.39 is 30.7 Å². The number of rotatable bonds is 16. The van der Waals surface area contributed by atoms with E-state index in [-0.39, 0.29) is 41.6 Å². The number of amides is 1. The van der Waals surface area contributed by atoms with Crippen LogP contribution in [-0.2, 0) is 27.3 Å². The molecular weight excluding hydrogens is 556 g/mol. The van der Waals surface area contributed by atoms with Gasteiger partial charge in [0.05, 0.1) is 7.11 Å². The fourth-order valence-corrected chi connectivity index (χ4v) is 4.66. The number of allylic oxidation sites excluding steroid dienone is 2.